The second-order valence-electron chi connectivity index (χ2n) is 11.3. The van der Waals surface area contributed by atoms with Gasteiger partial charge in [0.1, 0.15) is 18.3 Å². The van der Waals surface area contributed by atoms with Gasteiger partial charge in [-0.15, -0.1) is 0 Å². The van der Waals surface area contributed by atoms with E-state index in [9.17, 15) is 18.0 Å². The normalized spacial score (nSPS) is 12.6. The van der Waals surface area contributed by atoms with Crippen LogP contribution < -0.4 is 14.4 Å². The van der Waals surface area contributed by atoms with Gasteiger partial charge in [0.15, 0.2) is 0 Å². The van der Waals surface area contributed by atoms with Crippen molar-refractivity contribution < 1.29 is 22.7 Å². The van der Waals surface area contributed by atoms with Crippen LogP contribution in [0.5, 0.6) is 5.75 Å². The average molecular weight is 697 g/mol. The molecule has 1 N–H and O–H groups in total. The Morgan fingerprint density at radius 2 is 1.55 bits per heavy atom. The van der Waals surface area contributed by atoms with Crippen molar-refractivity contribution in [3.05, 3.63) is 124 Å². The molecule has 0 saturated heterocycles. The SMILES string of the molecule is CCC(C)NC(=O)C(Cc1ccccc1)N(Cc1ccccc1Cl)C(=O)CN(c1ccc(OC)c(Cl)c1)S(=O)(=O)c1ccc(C)cc1. The summed E-state index contributed by atoms with van der Waals surface area (Å²) < 4.78 is 34.8. The summed E-state index contributed by atoms with van der Waals surface area (Å²) in [5.74, 6) is -0.615. The minimum absolute atomic E-state index is 0.00385. The summed E-state index contributed by atoms with van der Waals surface area (Å²) in [6.45, 7) is 5.04. The van der Waals surface area contributed by atoms with E-state index in [-0.39, 0.29) is 40.5 Å². The lowest BCUT2D eigenvalue weighted by Gasteiger charge is -2.34. The Balaban J connectivity index is 1.84. The van der Waals surface area contributed by atoms with Crippen LogP contribution in [0.2, 0.25) is 10.0 Å². The molecule has 0 fully saturated rings. The van der Waals surface area contributed by atoms with E-state index in [2.05, 4.69) is 5.32 Å². The lowest BCUT2D eigenvalue weighted by atomic mass is 10.0. The standard InChI is InChI=1S/C36H39Cl2N3O5S/c1-5-26(3)39-36(43)33(21-27-11-7-6-8-12-27)40(23-28-13-9-10-14-31(28)37)35(42)24-41(29-17-20-34(46-4)32(38)22-29)47(44,45)30-18-15-25(2)16-19-30/h6-20,22,26,33H,5,21,23-24H2,1-4H3,(H,39,43). The molecular formula is C36H39Cl2N3O5S. The number of hydrogen-bond acceptors (Lipinski definition) is 5. The Hall–Kier alpha value is -4.05. The molecule has 0 aliphatic heterocycles. The number of benzene rings is 4. The first-order valence-corrected chi connectivity index (χ1v) is 17.4. The summed E-state index contributed by atoms with van der Waals surface area (Å²) in [7, 11) is -2.83. The summed E-state index contributed by atoms with van der Waals surface area (Å²) in [5.41, 5.74) is 2.48. The number of carbonyl (C=O) groups is 2. The van der Waals surface area contributed by atoms with Gasteiger partial charge in [-0.1, -0.05) is 96.4 Å². The number of nitrogens with zero attached hydrogens (tertiary/aromatic N) is 2. The van der Waals surface area contributed by atoms with E-state index in [0.29, 0.717) is 22.8 Å². The maximum Gasteiger partial charge on any atom is 0.264 e. The van der Waals surface area contributed by atoms with E-state index in [1.807, 2.05) is 51.1 Å². The van der Waals surface area contributed by atoms with Crippen molar-refractivity contribution >= 4 is 50.7 Å². The van der Waals surface area contributed by atoms with Crippen molar-refractivity contribution in [2.45, 2.75) is 57.1 Å². The van der Waals surface area contributed by atoms with Gasteiger partial charge in [-0.05, 0) is 67.8 Å². The third-order valence-corrected chi connectivity index (χ3v) is 10.3. The Bertz CT molecular complexity index is 1790. The van der Waals surface area contributed by atoms with Crippen molar-refractivity contribution in [2.75, 3.05) is 18.0 Å². The summed E-state index contributed by atoms with van der Waals surface area (Å²) >= 11 is 13.0. The topological polar surface area (TPSA) is 96.0 Å². The number of ether oxygens (including phenoxy) is 1. The zero-order chi connectivity index (χ0) is 34.1. The Kier molecular flexibility index (Phi) is 12.3. The number of amides is 2. The molecule has 4 rings (SSSR count). The third-order valence-electron chi connectivity index (χ3n) is 7.88. The summed E-state index contributed by atoms with van der Waals surface area (Å²) in [5, 5.41) is 3.61. The Morgan fingerprint density at radius 1 is 0.894 bits per heavy atom. The number of aryl methyl sites for hydroxylation is 1. The van der Waals surface area contributed by atoms with Crippen molar-refractivity contribution in [3.63, 3.8) is 0 Å². The molecule has 2 amide bonds. The van der Waals surface area contributed by atoms with Crippen LogP contribution in [0.25, 0.3) is 0 Å². The minimum atomic E-state index is -4.28. The van der Waals surface area contributed by atoms with Crippen LogP contribution in [0.4, 0.5) is 5.69 Å². The van der Waals surface area contributed by atoms with E-state index in [0.717, 1.165) is 15.4 Å². The number of anilines is 1. The second-order valence-corrected chi connectivity index (χ2v) is 14.0. The van der Waals surface area contributed by atoms with Crippen LogP contribution in [-0.2, 0) is 32.6 Å². The highest BCUT2D eigenvalue weighted by atomic mass is 35.5. The van der Waals surface area contributed by atoms with Gasteiger partial charge in [0.05, 0.1) is 22.7 Å². The molecule has 47 heavy (non-hydrogen) atoms. The van der Waals surface area contributed by atoms with E-state index in [1.54, 1.807) is 42.5 Å². The van der Waals surface area contributed by atoms with E-state index >= 15 is 0 Å². The van der Waals surface area contributed by atoms with Crippen molar-refractivity contribution in [1.29, 1.82) is 0 Å². The number of halogens is 2. The van der Waals surface area contributed by atoms with Crippen molar-refractivity contribution in [2.24, 2.45) is 0 Å². The molecule has 2 unspecified atom stereocenters. The van der Waals surface area contributed by atoms with Crippen molar-refractivity contribution in [1.82, 2.24) is 10.2 Å². The van der Waals surface area contributed by atoms with Crippen LogP contribution in [0.15, 0.2) is 102 Å². The molecule has 4 aromatic carbocycles. The van der Waals surface area contributed by atoms with Crippen LogP contribution in [-0.4, -0.2) is 50.9 Å². The molecule has 0 aliphatic carbocycles. The van der Waals surface area contributed by atoms with Gasteiger partial charge in [-0.2, -0.15) is 0 Å². The molecular weight excluding hydrogens is 657 g/mol. The predicted molar refractivity (Wildman–Crippen MR) is 188 cm³/mol. The van der Waals surface area contributed by atoms with Gasteiger partial charge in [0, 0.05) is 24.0 Å². The first-order valence-electron chi connectivity index (χ1n) is 15.2. The lowest BCUT2D eigenvalue weighted by Crippen LogP contribution is -2.54. The molecule has 0 bridgehead atoms. The molecule has 4 aromatic rings. The third kappa shape index (κ3) is 9.06. The van der Waals surface area contributed by atoms with Gasteiger partial charge in [0.25, 0.3) is 10.0 Å². The summed E-state index contributed by atoms with van der Waals surface area (Å²) in [6.07, 6.45) is 0.876. The number of hydrogen-bond donors (Lipinski definition) is 1. The smallest absolute Gasteiger partial charge is 0.264 e. The molecule has 0 radical (unpaired) electrons. The number of rotatable bonds is 14. The number of methoxy groups -OCH3 is 1. The lowest BCUT2D eigenvalue weighted by molar-refractivity contribution is -0.140. The number of nitrogens with one attached hydrogen (secondary N) is 1. The van der Waals surface area contributed by atoms with Gasteiger partial charge in [-0.25, -0.2) is 8.42 Å². The Morgan fingerprint density at radius 3 is 2.17 bits per heavy atom. The zero-order valence-corrected chi connectivity index (χ0v) is 29.1. The molecule has 0 saturated carbocycles. The van der Waals surface area contributed by atoms with Gasteiger partial charge in [0.2, 0.25) is 11.8 Å². The van der Waals surface area contributed by atoms with E-state index in [4.69, 9.17) is 27.9 Å². The first-order chi connectivity index (χ1) is 22.4. The van der Waals surface area contributed by atoms with E-state index < -0.39 is 28.5 Å². The number of carbonyl (C=O) groups excluding carboxylic acids is 2. The molecule has 248 valence electrons. The first kappa shape index (κ1) is 35.8. The Labute approximate surface area is 287 Å². The van der Waals surface area contributed by atoms with Crippen LogP contribution in [0, 0.1) is 6.92 Å². The van der Waals surface area contributed by atoms with Crippen LogP contribution in [0.1, 0.15) is 37.0 Å². The fraction of sp³-hybridized carbons (Fsp3) is 0.278. The summed E-state index contributed by atoms with van der Waals surface area (Å²) in [4.78, 5) is 30.0. The van der Waals surface area contributed by atoms with Gasteiger partial charge < -0.3 is 15.0 Å². The molecule has 8 nitrogen and oxygen atoms in total. The van der Waals surface area contributed by atoms with Crippen molar-refractivity contribution in [3.8, 4) is 5.75 Å². The highest BCUT2D eigenvalue weighted by molar-refractivity contribution is 7.92. The van der Waals surface area contributed by atoms with Crippen LogP contribution in [0.3, 0.4) is 0 Å². The molecule has 0 aromatic heterocycles. The maximum absolute atomic E-state index is 14.6. The molecule has 2 atom stereocenters. The quantitative estimate of drug-likeness (QED) is 0.152. The highest BCUT2D eigenvalue weighted by Gasteiger charge is 2.35. The van der Waals surface area contributed by atoms with E-state index in [1.165, 1.54) is 36.3 Å². The zero-order valence-electron chi connectivity index (χ0n) is 26.8. The highest BCUT2D eigenvalue weighted by Crippen LogP contribution is 2.32. The number of sulfonamides is 1. The molecule has 11 heteroatoms. The second kappa shape index (κ2) is 16.2. The predicted octanol–water partition coefficient (Wildman–Crippen LogP) is 7.06. The fourth-order valence-corrected chi connectivity index (χ4v) is 6.84. The monoisotopic (exact) mass is 695 g/mol. The largest absolute Gasteiger partial charge is 0.495 e. The molecule has 0 spiro atoms. The van der Waals surface area contributed by atoms with Gasteiger partial charge in [-0.3, -0.25) is 13.9 Å². The maximum atomic E-state index is 14.6. The fourth-order valence-electron chi connectivity index (χ4n) is 4.98. The van der Waals surface area contributed by atoms with Crippen LogP contribution >= 0.6 is 23.2 Å². The summed E-state index contributed by atoms with van der Waals surface area (Å²) in [6, 6.07) is 26.1. The molecule has 0 heterocycles. The minimum Gasteiger partial charge on any atom is -0.495 e. The molecule has 0 aliphatic rings. The van der Waals surface area contributed by atoms with Gasteiger partial charge >= 0.3 is 0 Å². The average Bonchev–Trinajstić information content (AvgIpc) is 3.06.